The van der Waals surface area contributed by atoms with Crippen molar-refractivity contribution in [2.75, 3.05) is 17.3 Å². The fraction of sp³-hybridized carbons (Fsp3) is 0.250. The minimum Gasteiger partial charge on any atom is -0.126 e. The van der Waals surface area contributed by atoms with E-state index in [1.54, 1.807) is 0 Å². The van der Waals surface area contributed by atoms with Crippen LogP contribution in [0.4, 0.5) is 0 Å². The average Bonchev–Trinajstić information content (AvgIpc) is 2.70. The zero-order chi connectivity index (χ0) is 19.8. The number of hydrogen-bond acceptors (Lipinski definition) is 3. The van der Waals surface area contributed by atoms with Crippen LogP contribution in [-0.2, 0) is 0 Å². The first-order chi connectivity index (χ1) is 13.7. The van der Waals surface area contributed by atoms with Gasteiger partial charge in [0.25, 0.3) is 0 Å². The van der Waals surface area contributed by atoms with Crippen molar-refractivity contribution in [3.8, 4) is 0 Å². The van der Waals surface area contributed by atoms with E-state index in [-0.39, 0.29) is 0 Å². The Bertz CT molecular complexity index is 777. The van der Waals surface area contributed by atoms with Crippen LogP contribution in [0.1, 0.15) is 20.8 Å². The summed E-state index contributed by atoms with van der Waals surface area (Å²) in [7, 11) is -0.567. The van der Waals surface area contributed by atoms with E-state index in [2.05, 4.69) is 93.6 Å². The highest BCUT2D eigenvalue weighted by molar-refractivity contribution is 7.99. The third-order valence-electron chi connectivity index (χ3n) is 4.16. The molecule has 146 valence electrons. The second kappa shape index (κ2) is 11.4. The van der Waals surface area contributed by atoms with Gasteiger partial charge in [0, 0.05) is 14.7 Å². The highest BCUT2D eigenvalue weighted by atomic mass is 32.2. The Morgan fingerprint density at radius 2 is 0.857 bits per heavy atom. The van der Waals surface area contributed by atoms with Crippen LogP contribution in [0, 0.1) is 0 Å². The summed E-state index contributed by atoms with van der Waals surface area (Å²) >= 11 is 5.77. The van der Waals surface area contributed by atoms with Crippen LogP contribution >= 0.6 is 43.2 Å². The third-order valence-corrected chi connectivity index (χ3v) is 9.17. The zero-order valence-electron chi connectivity index (χ0n) is 16.7. The molecule has 3 aromatic carbocycles. The summed E-state index contributed by atoms with van der Waals surface area (Å²) in [5.74, 6) is 3.31. The average molecular weight is 443 g/mol. The standard InChI is InChI=1S/C24H27PS3/c1-4-26-22-13-7-10-19(16-22)25(20-11-8-14-23(17-20)27-5-2)21-12-9-15-24(18-21)28-6-3/h7-18H,4-6H2,1-3H3. The fourth-order valence-electron chi connectivity index (χ4n) is 3.08. The lowest BCUT2D eigenvalue weighted by Crippen LogP contribution is -2.21. The monoisotopic (exact) mass is 442 g/mol. The molecule has 0 spiro atoms. The molecule has 0 saturated heterocycles. The van der Waals surface area contributed by atoms with E-state index in [4.69, 9.17) is 0 Å². The minimum absolute atomic E-state index is 0.567. The second-order valence-electron chi connectivity index (χ2n) is 6.13. The SMILES string of the molecule is CCSc1cccc(P(c2cccc(SCC)c2)c2cccc(SCC)c2)c1. The van der Waals surface area contributed by atoms with Crippen LogP contribution in [0.2, 0.25) is 0 Å². The molecule has 0 heterocycles. The van der Waals surface area contributed by atoms with Gasteiger partial charge in [-0.15, -0.1) is 35.3 Å². The summed E-state index contributed by atoms with van der Waals surface area (Å²) in [6, 6.07) is 27.5. The van der Waals surface area contributed by atoms with Crippen molar-refractivity contribution in [2.24, 2.45) is 0 Å². The first-order valence-corrected chi connectivity index (χ1v) is 14.0. The van der Waals surface area contributed by atoms with Crippen LogP contribution < -0.4 is 15.9 Å². The smallest absolute Gasteiger partial charge is 0.00784 e. The van der Waals surface area contributed by atoms with Gasteiger partial charge in [0.2, 0.25) is 0 Å². The Balaban J connectivity index is 2.10. The Hall–Kier alpha value is -0.860. The molecule has 0 fully saturated rings. The Morgan fingerprint density at radius 1 is 0.536 bits per heavy atom. The minimum atomic E-state index is -0.567. The Morgan fingerprint density at radius 3 is 1.14 bits per heavy atom. The van der Waals surface area contributed by atoms with E-state index >= 15 is 0 Å². The van der Waals surface area contributed by atoms with Crippen LogP contribution in [0.25, 0.3) is 0 Å². The summed E-state index contributed by atoms with van der Waals surface area (Å²) in [6.45, 7) is 6.66. The second-order valence-corrected chi connectivity index (χ2v) is 12.4. The van der Waals surface area contributed by atoms with Crippen LogP contribution in [-0.4, -0.2) is 17.3 Å². The van der Waals surface area contributed by atoms with E-state index < -0.39 is 7.92 Å². The van der Waals surface area contributed by atoms with Crippen molar-refractivity contribution in [3.05, 3.63) is 72.8 Å². The van der Waals surface area contributed by atoms with Gasteiger partial charge in [0.05, 0.1) is 0 Å². The fourth-order valence-corrected chi connectivity index (χ4v) is 7.91. The Kier molecular flexibility index (Phi) is 8.86. The van der Waals surface area contributed by atoms with Gasteiger partial charge in [0.15, 0.2) is 0 Å². The van der Waals surface area contributed by atoms with E-state index in [1.165, 1.54) is 30.6 Å². The summed E-state index contributed by atoms with van der Waals surface area (Å²) < 4.78 is 0. The van der Waals surface area contributed by atoms with Gasteiger partial charge in [-0.3, -0.25) is 0 Å². The summed E-state index contributed by atoms with van der Waals surface area (Å²) in [6.07, 6.45) is 0. The van der Waals surface area contributed by atoms with E-state index in [0.29, 0.717) is 0 Å². The number of rotatable bonds is 9. The molecule has 0 unspecified atom stereocenters. The molecule has 28 heavy (non-hydrogen) atoms. The van der Waals surface area contributed by atoms with Crippen molar-refractivity contribution >= 4 is 59.1 Å². The molecule has 0 aromatic heterocycles. The lowest BCUT2D eigenvalue weighted by molar-refractivity contribution is 1.44. The summed E-state index contributed by atoms with van der Waals surface area (Å²) in [4.78, 5) is 4.10. The molecule has 0 amide bonds. The van der Waals surface area contributed by atoms with Crippen molar-refractivity contribution in [1.29, 1.82) is 0 Å². The molecule has 4 heteroatoms. The lowest BCUT2D eigenvalue weighted by atomic mass is 10.3. The van der Waals surface area contributed by atoms with Gasteiger partial charge in [-0.1, -0.05) is 57.2 Å². The highest BCUT2D eigenvalue weighted by Gasteiger charge is 2.18. The quantitative estimate of drug-likeness (QED) is 0.265. The molecule has 0 aliphatic carbocycles. The van der Waals surface area contributed by atoms with Gasteiger partial charge in [-0.05, 0) is 77.5 Å². The topological polar surface area (TPSA) is 0 Å². The maximum atomic E-state index is 2.40. The summed E-state index contributed by atoms with van der Waals surface area (Å²) in [5.41, 5.74) is 0. The molecule has 0 saturated carbocycles. The molecule has 0 aliphatic rings. The highest BCUT2D eigenvalue weighted by Crippen LogP contribution is 2.36. The van der Waals surface area contributed by atoms with E-state index in [0.717, 1.165) is 17.3 Å². The number of benzene rings is 3. The number of hydrogen-bond donors (Lipinski definition) is 0. The van der Waals surface area contributed by atoms with Gasteiger partial charge < -0.3 is 0 Å². The molecule has 0 nitrogen and oxygen atoms in total. The van der Waals surface area contributed by atoms with Gasteiger partial charge in [-0.2, -0.15) is 0 Å². The molecule has 3 rings (SSSR count). The largest absolute Gasteiger partial charge is 0.126 e. The first kappa shape index (κ1) is 21.8. The first-order valence-electron chi connectivity index (χ1n) is 9.73. The van der Waals surface area contributed by atoms with Gasteiger partial charge >= 0.3 is 0 Å². The molecule has 0 bridgehead atoms. The lowest BCUT2D eigenvalue weighted by Gasteiger charge is -2.21. The van der Waals surface area contributed by atoms with Crippen LogP contribution in [0.3, 0.4) is 0 Å². The predicted molar refractivity (Wildman–Crippen MR) is 134 cm³/mol. The van der Waals surface area contributed by atoms with Crippen molar-refractivity contribution < 1.29 is 0 Å². The zero-order valence-corrected chi connectivity index (χ0v) is 20.1. The molecular formula is C24H27PS3. The molecular weight excluding hydrogens is 415 g/mol. The third kappa shape index (κ3) is 5.83. The van der Waals surface area contributed by atoms with Gasteiger partial charge in [0.1, 0.15) is 0 Å². The normalized spacial score (nSPS) is 11.1. The van der Waals surface area contributed by atoms with E-state index in [9.17, 15) is 0 Å². The molecule has 0 aliphatic heterocycles. The maximum Gasteiger partial charge on any atom is 0.00784 e. The molecule has 3 aromatic rings. The van der Waals surface area contributed by atoms with Crippen molar-refractivity contribution in [2.45, 2.75) is 35.5 Å². The predicted octanol–water partition coefficient (Wildman–Crippen LogP) is 6.78. The maximum absolute atomic E-state index is 2.40. The van der Waals surface area contributed by atoms with Crippen molar-refractivity contribution in [3.63, 3.8) is 0 Å². The van der Waals surface area contributed by atoms with Crippen LogP contribution in [0.15, 0.2) is 87.5 Å². The van der Waals surface area contributed by atoms with Crippen LogP contribution in [0.5, 0.6) is 0 Å². The Labute approximate surface area is 184 Å². The summed E-state index contributed by atoms with van der Waals surface area (Å²) in [5, 5.41) is 4.31. The van der Waals surface area contributed by atoms with E-state index in [1.807, 2.05) is 35.3 Å². The molecule has 0 atom stereocenters. The number of thioether (sulfide) groups is 3. The molecule has 0 N–H and O–H groups in total. The van der Waals surface area contributed by atoms with Gasteiger partial charge in [-0.25, -0.2) is 0 Å². The molecule has 0 radical (unpaired) electrons. The van der Waals surface area contributed by atoms with Crippen molar-refractivity contribution in [1.82, 2.24) is 0 Å².